The summed E-state index contributed by atoms with van der Waals surface area (Å²) in [5.74, 6) is -0.868. The molecule has 0 spiro atoms. The Bertz CT molecular complexity index is 1130. The largest absolute Gasteiger partial charge is 0.465 e. The van der Waals surface area contributed by atoms with Gasteiger partial charge in [0.1, 0.15) is 0 Å². The average molecular weight is 427 g/mol. The Hall–Kier alpha value is -3.17. The summed E-state index contributed by atoms with van der Waals surface area (Å²) in [5.41, 5.74) is 1.00. The number of benzene rings is 2. The second-order valence-corrected chi connectivity index (χ2v) is 7.18. The van der Waals surface area contributed by atoms with E-state index in [0.717, 1.165) is 11.8 Å². The lowest BCUT2D eigenvalue weighted by Gasteiger charge is -2.13. The summed E-state index contributed by atoms with van der Waals surface area (Å²) in [7, 11) is 2.83. The first-order valence-corrected chi connectivity index (χ1v) is 10.1. The van der Waals surface area contributed by atoms with Gasteiger partial charge in [-0.3, -0.25) is 14.2 Å². The van der Waals surface area contributed by atoms with Crippen molar-refractivity contribution in [2.75, 3.05) is 31.9 Å². The fourth-order valence-electron chi connectivity index (χ4n) is 2.83. The van der Waals surface area contributed by atoms with Crippen molar-refractivity contribution in [2.24, 2.45) is 0 Å². The number of nitrogens with zero attached hydrogens (tertiary/aromatic N) is 2. The SMILES string of the molecule is COCCn1c(SCC(=O)Nc2ccccc2C(=O)OC)nc2ccccc2c1=O. The van der Waals surface area contributed by atoms with E-state index in [1.54, 1.807) is 55.6 Å². The molecule has 0 bridgehead atoms. The van der Waals surface area contributed by atoms with Crippen molar-refractivity contribution in [1.29, 1.82) is 0 Å². The van der Waals surface area contributed by atoms with Crippen LogP contribution >= 0.6 is 11.8 Å². The second kappa shape index (κ2) is 10.0. The predicted octanol–water partition coefficient (Wildman–Crippen LogP) is 2.56. The molecule has 0 fully saturated rings. The average Bonchev–Trinajstić information content (AvgIpc) is 2.77. The Labute approximate surface area is 177 Å². The van der Waals surface area contributed by atoms with Gasteiger partial charge in [-0.05, 0) is 24.3 Å². The fraction of sp³-hybridized carbons (Fsp3) is 0.238. The van der Waals surface area contributed by atoms with E-state index in [2.05, 4.69) is 10.3 Å². The van der Waals surface area contributed by atoms with Gasteiger partial charge in [0.15, 0.2) is 5.16 Å². The van der Waals surface area contributed by atoms with Gasteiger partial charge in [-0.2, -0.15) is 0 Å². The third-order valence-electron chi connectivity index (χ3n) is 4.28. The zero-order chi connectivity index (χ0) is 21.5. The van der Waals surface area contributed by atoms with Crippen LogP contribution in [0.5, 0.6) is 0 Å². The van der Waals surface area contributed by atoms with Crippen molar-refractivity contribution in [2.45, 2.75) is 11.7 Å². The molecule has 1 amide bonds. The third-order valence-corrected chi connectivity index (χ3v) is 5.26. The van der Waals surface area contributed by atoms with Crippen molar-refractivity contribution in [3.8, 4) is 0 Å². The molecule has 8 nitrogen and oxygen atoms in total. The normalized spacial score (nSPS) is 10.7. The number of methoxy groups -OCH3 is 2. The molecular weight excluding hydrogens is 406 g/mol. The quantitative estimate of drug-likeness (QED) is 0.335. The number of esters is 1. The van der Waals surface area contributed by atoms with Crippen molar-refractivity contribution in [3.63, 3.8) is 0 Å². The molecule has 0 saturated carbocycles. The Morgan fingerprint density at radius 3 is 2.60 bits per heavy atom. The molecule has 0 aliphatic carbocycles. The summed E-state index contributed by atoms with van der Waals surface area (Å²) < 4.78 is 11.3. The van der Waals surface area contributed by atoms with Crippen molar-refractivity contribution < 1.29 is 19.1 Å². The second-order valence-electron chi connectivity index (χ2n) is 6.24. The van der Waals surface area contributed by atoms with E-state index in [4.69, 9.17) is 9.47 Å². The van der Waals surface area contributed by atoms with Gasteiger partial charge in [0.25, 0.3) is 5.56 Å². The summed E-state index contributed by atoms with van der Waals surface area (Å²) in [4.78, 5) is 41.8. The third kappa shape index (κ3) is 4.87. The summed E-state index contributed by atoms with van der Waals surface area (Å²) in [5, 5.41) is 3.64. The highest BCUT2D eigenvalue weighted by molar-refractivity contribution is 7.99. The molecule has 0 unspecified atom stereocenters. The number of para-hydroxylation sites is 2. The van der Waals surface area contributed by atoms with E-state index >= 15 is 0 Å². The number of hydrogen-bond donors (Lipinski definition) is 1. The van der Waals surface area contributed by atoms with Crippen LogP contribution < -0.4 is 10.9 Å². The first-order valence-electron chi connectivity index (χ1n) is 9.13. The minimum atomic E-state index is -0.539. The van der Waals surface area contributed by atoms with Crippen LogP contribution in [0.1, 0.15) is 10.4 Å². The van der Waals surface area contributed by atoms with E-state index in [1.807, 2.05) is 0 Å². The summed E-state index contributed by atoms with van der Waals surface area (Å²) >= 11 is 1.14. The van der Waals surface area contributed by atoms with Crippen LogP contribution in [0.3, 0.4) is 0 Å². The maximum atomic E-state index is 12.8. The van der Waals surface area contributed by atoms with Crippen molar-refractivity contribution >= 4 is 40.2 Å². The van der Waals surface area contributed by atoms with Gasteiger partial charge in [-0.1, -0.05) is 36.0 Å². The van der Waals surface area contributed by atoms with E-state index in [0.29, 0.717) is 34.9 Å². The zero-order valence-electron chi connectivity index (χ0n) is 16.6. The van der Waals surface area contributed by atoms with Crippen LogP contribution in [0.25, 0.3) is 10.9 Å². The van der Waals surface area contributed by atoms with Crippen LogP contribution in [0.15, 0.2) is 58.5 Å². The lowest BCUT2D eigenvalue weighted by molar-refractivity contribution is -0.113. The maximum Gasteiger partial charge on any atom is 0.339 e. The number of ether oxygens (including phenoxy) is 2. The fourth-order valence-corrected chi connectivity index (χ4v) is 3.66. The van der Waals surface area contributed by atoms with Gasteiger partial charge in [0, 0.05) is 7.11 Å². The molecule has 2 aromatic carbocycles. The predicted molar refractivity (Wildman–Crippen MR) is 115 cm³/mol. The molecule has 1 aromatic heterocycles. The van der Waals surface area contributed by atoms with Crippen molar-refractivity contribution in [1.82, 2.24) is 9.55 Å². The van der Waals surface area contributed by atoms with Gasteiger partial charge >= 0.3 is 5.97 Å². The number of aromatic nitrogens is 2. The molecule has 1 heterocycles. The van der Waals surface area contributed by atoms with Crippen LogP contribution in [0.4, 0.5) is 5.69 Å². The molecule has 30 heavy (non-hydrogen) atoms. The number of nitrogens with one attached hydrogen (secondary N) is 1. The molecular formula is C21H21N3O5S. The molecule has 1 N–H and O–H groups in total. The molecule has 3 aromatic rings. The van der Waals surface area contributed by atoms with Crippen LogP contribution in [0.2, 0.25) is 0 Å². The monoisotopic (exact) mass is 427 g/mol. The van der Waals surface area contributed by atoms with E-state index < -0.39 is 5.97 Å². The Kier molecular flexibility index (Phi) is 7.21. The highest BCUT2D eigenvalue weighted by atomic mass is 32.2. The van der Waals surface area contributed by atoms with Crippen molar-refractivity contribution in [3.05, 3.63) is 64.4 Å². The van der Waals surface area contributed by atoms with Gasteiger partial charge in [0.05, 0.1) is 48.2 Å². The molecule has 0 aliphatic heterocycles. The number of hydrogen-bond acceptors (Lipinski definition) is 7. The number of carbonyl (C=O) groups is 2. The first-order chi connectivity index (χ1) is 14.5. The van der Waals surface area contributed by atoms with Crippen LogP contribution in [-0.4, -0.2) is 48.0 Å². The number of amides is 1. The van der Waals surface area contributed by atoms with Crippen LogP contribution in [0, 0.1) is 0 Å². The van der Waals surface area contributed by atoms with Crippen LogP contribution in [-0.2, 0) is 20.8 Å². The number of rotatable bonds is 8. The Balaban J connectivity index is 1.81. The molecule has 9 heteroatoms. The van der Waals surface area contributed by atoms with Gasteiger partial charge in [0.2, 0.25) is 5.91 Å². The number of fused-ring (bicyclic) bond motifs is 1. The lowest BCUT2D eigenvalue weighted by Crippen LogP contribution is -2.26. The smallest absolute Gasteiger partial charge is 0.339 e. The molecule has 3 rings (SSSR count). The topological polar surface area (TPSA) is 99.5 Å². The first kappa shape index (κ1) is 21.5. The lowest BCUT2D eigenvalue weighted by atomic mass is 10.2. The Morgan fingerprint density at radius 2 is 1.83 bits per heavy atom. The van der Waals surface area contributed by atoms with Gasteiger partial charge in [-0.15, -0.1) is 0 Å². The zero-order valence-corrected chi connectivity index (χ0v) is 17.4. The van der Waals surface area contributed by atoms with E-state index in [-0.39, 0.29) is 22.8 Å². The minimum absolute atomic E-state index is 0.00721. The van der Waals surface area contributed by atoms with E-state index in [1.165, 1.54) is 11.7 Å². The summed E-state index contributed by atoms with van der Waals surface area (Å²) in [6, 6.07) is 13.7. The number of carbonyl (C=O) groups excluding carboxylic acids is 2. The standard InChI is InChI=1S/C21H21N3O5S/c1-28-12-11-24-19(26)14-7-3-5-9-16(14)23-21(24)30-13-18(25)22-17-10-6-4-8-15(17)20(27)29-2/h3-10H,11-13H2,1-2H3,(H,22,25). The molecule has 156 valence electrons. The van der Waals surface area contributed by atoms with E-state index in [9.17, 15) is 14.4 Å². The van der Waals surface area contributed by atoms with Gasteiger partial charge < -0.3 is 14.8 Å². The van der Waals surface area contributed by atoms with Gasteiger partial charge in [-0.25, -0.2) is 9.78 Å². The molecule has 0 aliphatic rings. The highest BCUT2D eigenvalue weighted by Gasteiger charge is 2.16. The highest BCUT2D eigenvalue weighted by Crippen LogP contribution is 2.20. The number of anilines is 1. The molecule has 0 radical (unpaired) electrons. The summed E-state index contributed by atoms with van der Waals surface area (Å²) in [6.07, 6.45) is 0. The maximum absolute atomic E-state index is 12.8. The summed E-state index contributed by atoms with van der Waals surface area (Å²) in [6.45, 7) is 0.661. The molecule has 0 saturated heterocycles. The minimum Gasteiger partial charge on any atom is -0.465 e. The number of thioether (sulfide) groups is 1. The molecule has 0 atom stereocenters. The Morgan fingerprint density at radius 1 is 1.10 bits per heavy atom.